The first-order chi connectivity index (χ1) is 7.46. The Morgan fingerprint density at radius 2 is 1.69 bits per heavy atom. The Morgan fingerprint density at radius 1 is 1.12 bits per heavy atom. The second-order valence-corrected chi connectivity index (χ2v) is 5.54. The van der Waals surface area contributed by atoms with Crippen molar-refractivity contribution in [1.82, 2.24) is 0 Å². The van der Waals surface area contributed by atoms with Gasteiger partial charge >= 0.3 is 0 Å². The van der Waals surface area contributed by atoms with Gasteiger partial charge < -0.3 is 5.11 Å². The van der Waals surface area contributed by atoms with Crippen molar-refractivity contribution in [3.63, 3.8) is 0 Å². The Balaban J connectivity index is 2.38. The molecule has 0 radical (unpaired) electrons. The second kappa shape index (κ2) is 3.89. The van der Waals surface area contributed by atoms with Crippen LogP contribution >= 0.6 is 0 Å². The van der Waals surface area contributed by atoms with Crippen molar-refractivity contribution in [2.45, 2.75) is 58.0 Å². The molecule has 1 aromatic carbocycles. The molecule has 1 aliphatic rings. The van der Waals surface area contributed by atoms with E-state index >= 15 is 0 Å². The number of hydrogen-bond acceptors (Lipinski definition) is 1. The predicted octanol–water partition coefficient (Wildman–Crippen LogP) is 3.75. The first-order valence-electron chi connectivity index (χ1n) is 6.27. The van der Waals surface area contributed by atoms with Crippen LogP contribution in [0.4, 0.5) is 0 Å². The van der Waals surface area contributed by atoms with Crippen LogP contribution in [0.3, 0.4) is 0 Å². The maximum atomic E-state index is 10.2. The molecule has 1 aromatic rings. The highest BCUT2D eigenvalue weighted by atomic mass is 16.3. The maximum absolute atomic E-state index is 10.2. The lowest BCUT2D eigenvalue weighted by atomic mass is 9.85. The topological polar surface area (TPSA) is 20.2 Å². The molecule has 1 N–H and O–H groups in total. The van der Waals surface area contributed by atoms with Crippen LogP contribution < -0.4 is 0 Å². The van der Waals surface area contributed by atoms with Crippen molar-refractivity contribution in [2.24, 2.45) is 0 Å². The Labute approximate surface area is 98.5 Å². The third-order valence-corrected chi connectivity index (χ3v) is 4.07. The molecular weight excluding hydrogens is 196 g/mol. The van der Waals surface area contributed by atoms with Gasteiger partial charge in [-0.15, -0.1) is 0 Å². The molecule has 0 spiro atoms. The summed E-state index contributed by atoms with van der Waals surface area (Å²) in [6.07, 6.45) is 1.92. The Kier molecular flexibility index (Phi) is 2.83. The summed E-state index contributed by atoms with van der Waals surface area (Å²) in [7, 11) is 0. The van der Waals surface area contributed by atoms with Gasteiger partial charge in [0.25, 0.3) is 0 Å². The Bertz CT molecular complexity index is 388. The molecule has 1 heteroatoms. The number of benzene rings is 1. The minimum absolute atomic E-state index is 0.270. The van der Waals surface area contributed by atoms with Crippen LogP contribution in [0.1, 0.15) is 62.1 Å². The first kappa shape index (κ1) is 11.7. The summed E-state index contributed by atoms with van der Waals surface area (Å²) in [4.78, 5) is 0. The molecule has 0 aliphatic heterocycles. The molecule has 1 atom stereocenters. The van der Waals surface area contributed by atoms with Gasteiger partial charge in [-0.2, -0.15) is 0 Å². The summed E-state index contributed by atoms with van der Waals surface area (Å²) in [5.41, 5.74) is 3.69. The van der Waals surface area contributed by atoms with Crippen LogP contribution in [0.5, 0.6) is 0 Å². The minimum atomic E-state index is -0.416. The molecular formula is C15H22O. The Morgan fingerprint density at radius 3 is 2.19 bits per heavy atom. The summed E-state index contributed by atoms with van der Waals surface area (Å²) in [6.45, 7) is 8.79. The molecule has 1 aliphatic carbocycles. The summed E-state index contributed by atoms with van der Waals surface area (Å²) >= 11 is 0. The summed E-state index contributed by atoms with van der Waals surface area (Å²) in [5.74, 6) is 0.826. The van der Waals surface area contributed by atoms with Gasteiger partial charge in [-0.25, -0.2) is 0 Å². The average Bonchev–Trinajstić information content (AvgIpc) is 2.97. The van der Waals surface area contributed by atoms with Crippen LogP contribution in [0.25, 0.3) is 0 Å². The molecule has 1 nitrogen and oxygen atoms in total. The molecule has 1 fully saturated rings. The molecule has 0 saturated heterocycles. The first-order valence-corrected chi connectivity index (χ1v) is 6.27. The summed E-state index contributed by atoms with van der Waals surface area (Å²) in [6, 6.07) is 6.50. The average molecular weight is 218 g/mol. The summed E-state index contributed by atoms with van der Waals surface area (Å²) < 4.78 is 0. The molecule has 16 heavy (non-hydrogen) atoms. The van der Waals surface area contributed by atoms with Gasteiger partial charge in [-0.05, 0) is 42.4 Å². The third-order valence-electron chi connectivity index (χ3n) is 4.07. The van der Waals surface area contributed by atoms with Crippen LogP contribution in [0.2, 0.25) is 0 Å². The van der Waals surface area contributed by atoms with Crippen molar-refractivity contribution >= 4 is 0 Å². The quantitative estimate of drug-likeness (QED) is 0.819. The largest absolute Gasteiger partial charge is 0.389 e. The van der Waals surface area contributed by atoms with Gasteiger partial charge in [0.2, 0.25) is 0 Å². The molecule has 88 valence electrons. The Hall–Kier alpha value is -0.820. The van der Waals surface area contributed by atoms with E-state index in [2.05, 4.69) is 45.9 Å². The van der Waals surface area contributed by atoms with Crippen LogP contribution in [-0.4, -0.2) is 10.7 Å². The standard InChI is InChI=1S/C15H22O/c1-10(2)13-6-5-7-14(11(13)3)12(4)15(16)8-9-15/h5-7,10,12,16H,8-9H2,1-4H3. The molecule has 0 aromatic heterocycles. The SMILES string of the molecule is Cc1c(C(C)C)cccc1C(C)C1(O)CC1. The minimum Gasteiger partial charge on any atom is -0.389 e. The van der Waals surface area contributed by atoms with Crippen molar-refractivity contribution in [3.8, 4) is 0 Å². The van der Waals surface area contributed by atoms with E-state index in [-0.39, 0.29) is 5.92 Å². The number of aliphatic hydroxyl groups is 1. The van der Waals surface area contributed by atoms with Crippen LogP contribution in [-0.2, 0) is 0 Å². The highest BCUT2D eigenvalue weighted by Crippen LogP contribution is 2.48. The molecule has 2 rings (SSSR count). The van der Waals surface area contributed by atoms with Gasteiger partial charge in [0.05, 0.1) is 5.60 Å². The lowest BCUT2D eigenvalue weighted by Gasteiger charge is -2.22. The summed E-state index contributed by atoms with van der Waals surface area (Å²) in [5, 5.41) is 10.2. The molecule has 1 unspecified atom stereocenters. The van der Waals surface area contributed by atoms with E-state index in [1.807, 2.05) is 0 Å². The van der Waals surface area contributed by atoms with Crippen molar-refractivity contribution < 1.29 is 5.11 Å². The fourth-order valence-electron chi connectivity index (χ4n) is 2.62. The monoisotopic (exact) mass is 218 g/mol. The van der Waals surface area contributed by atoms with E-state index in [4.69, 9.17) is 0 Å². The molecule has 1 saturated carbocycles. The van der Waals surface area contributed by atoms with E-state index in [1.54, 1.807) is 0 Å². The van der Waals surface area contributed by atoms with E-state index in [0.717, 1.165) is 12.8 Å². The van der Waals surface area contributed by atoms with Crippen molar-refractivity contribution in [3.05, 3.63) is 34.9 Å². The highest BCUT2D eigenvalue weighted by molar-refractivity contribution is 5.40. The lowest BCUT2D eigenvalue weighted by molar-refractivity contribution is 0.124. The normalized spacial score (nSPS) is 19.9. The van der Waals surface area contributed by atoms with Crippen molar-refractivity contribution in [2.75, 3.05) is 0 Å². The number of rotatable bonds is 3. The second-order valence-electron chi connectivity index (χ2n) is 5.54. The molecule has 0 amide bonds. The lowest BCUT2D eigenvalue weighted by Crippen LogP contribution is -2.18. The fraction of sp³-hybridized carbons (Fsp3) is 0.600. The van der Waals surface area contributed by atoms with Gasteiger partial charge in [0.1, 0.15) is 0 Å². The van der Waals surface area contributed by atoms with Gasteiger partial charge in [0.15, 0.2) is 0 Å². The smallest absolute Gasteiger partial charge is 0.0715 e. The van der Waals surface area contributed by atoms with E-state index in [9.17, 15) is 5.11 Å². The van der Waals surface area contributed by atoms with E-state index in [1.165, 1.54) is 16.7 Å². The van der Waals surface area contributed by atoms with E-state index in [0.29, 0.717) is 5.92 Å². The van der Waals surface area contributed by atoms with Gasteiger partial charge in [-0.1, -0.05) is 39.0 Å². The zero-order valence-electron chi connectivity index (χ0n) is 10.7. The van der Waals surface area contributed by atoms with Crippen molar-refractivity contribution in [1.29, 1.82) is 0 Å². The number of hydrogen-bond donors (Lipinski definition) is 1. The van der Waals surface area contributed by atoms with E-state index < -0.39 is 5.60 Å². The highest BCUT2D eigenvalue weighted by Gasteiger charge is 2.46. The zero-order chi connectivity index (χ0) is 11.9. The third kappa shape index (κ3) is 1.89. The molecule has 0 bridgehead atoms. The predicted molar refractivity (Wildman–Crippen MR) is 67.9 cm³/mol. The van der Waals surface area contributed by atoms with Crippen LogP contribution in [0.15, 0.2) is 18.2 Å². The van der Waals surface area contributed by atoms with Gasteiger partial charge in [0, 0.05) is 5.92 Å². The van der Waals surface area contributed by atoms with Crippen LogP contribution in [0, 0.1) is 6.92 Å². The zero-order valence-corrected chi connectivity index (χ0v) is 10.7. The maximum Gasteiger partial charge on any atom is 0.0715 e. The van der Waals surface area contributed by atoms with Gasteiger partial charge in [-0.3, -0.25) is 0 Å². The molecule has 0 heterocycles. The fourth-order valence-corrected chi connectivity index (χ4v) is 2.62.